The number of esters is 1. The maximum Gasteiger partial charge on any atom is 0.312 e. The van der Waals surface area contributed by atoms with Crippen molar-refractivity contribution >= 4 is 5.97 Å². The molecule has 7 rings (SSSR count). The number of aliphatic hydroxyl groups excluding tert-OH is 8. The highest BCUT2D eigenvalue weighted by molar-refractivity contribution is 5.78. The highest BCUT2D eigenvalue weighted by atomic mass is 16.7. The third-order valence-electron chi connectivity index (χ3n) is 17.6. The van der Waals surface area contributed by atoms with Gasteiger partial charge in [0.25, 0.3) is 0 Å². The largest absolute Gasteiger partial charge is 0.469 e. The number of fused-ring (bicyclic) bond motifs is 7. The van der Waals surface area contributed by atoms with E-state index in [0.717, 1.165) is 57.8 Å². The fraction of sp³-hybridized carbons (Fsp3) is 0.930. The van der Waals surface area contributed by atoms with Gasteiger partial charge in [0.1, 0.15) is 48.8 Å². The van der Waals surface area contributed by atoms with Crippen LogP contribution in [-0.4, -0.2) is 141 Å². The number of carbonyl (C=O) groups is 1. The minimum atomic E-state index is -1.76. The minimum Gasteiger partial charge on any atom is -0.469 e. The number of allylic oxidation sites excluding steroid dienone is 2. The summed E-state index contributed by atoms with van der Waals surface area (Å²) in [5.41, 5.74) is 0.0345. The zero-order valence-electron chi connectivity index (χ0n) is 34.9. The van der Waals surface area contributed by atoms with E-state index in [4.69, 9.17) is 23.7 Å². The molecule has 0 radical (unpaired) electrons. The van der Waals surface area contributed by atoms with Gasteiger partial charge in [0.15, 0.2) is 12.6 Å². The van der Waals surface area contributed by atoms with Crippen LogP contribution in [0.2, 0.25) is 0 Å². The molecule has 2 aliphatic heterocycles. The number of aliphatic hydroxyl groups is 8. The van der Waals surface area contributed by atoms with Gasteiger partial charge in [-0.15, -0.1) is 0 Å². The molecule has 14 heteroatoms. The number of ether oxygens (including phenoxy) is 5. The summed E-state index contributed by atoms with van der Waals surface area (Å²) in [6.45, 7) is 12.5. The molecule has 326 valence electrons. The molecule has 4 saturated carbocycles. The molecule has 0 aromatic rings. The predicted octanol–water partition coefficient (Wildman–Crippen LogP) is 1.94. The monoisotopic (exact) mass is 810 g/mol. The maximum absolute atomic E-state index is 13.6. The molecule has 0 bridgehead atoms. The van der Waals surface area contributed by atoms with E-state index in [1.165, 1.54) is 12.7 Å². The smallest absolute Gasteiger partial charge is 0.312 e. The van der Waals surface area contributed by atoms with Crippen molar-refractivity contribution in [2.75, 3.05) is 26.9 Å². The predicted molar refractivity (Wildman–Crippen MR) is 204 cm³/mol. The Bertz CT molecular complexity index is 1520. The summed E-state index contributed by atoms with van der Waals surface area (Å²) in [7, 11) is 1.53. The van der Waals surface area contributed by atoms with Crippen LogP contribution in [0.15, 0.2) is 11.6 Å². The molecule has 2 heterocycles. The van der Waals surface area contributed by atoms with Gasteiger partial charge in [-0.05, 0) is 104 Å². The van der Waals surface area contributed by atoms with Gasteiger partial charge in [-0.1, -0.05) is 53.2 Å². The molecule has 8 N–H and O–H groups in total. The fourth-order valence-electron chi connectivity index (χ4n) is 13.9. The SMILES string of the molecule is COC(=O)[C@]12CCC(C)(C)C[C@H]1C1=CC[C@@H]3[C@@]4(C)CC[C@H](O[C@@H]5O[C@H](CO)[C@@H](O[C@@H]6O[C@H](CO)[C@H](O)[C@H](O)[C@H]6O)[C@H](O)[C@H]5O)[C@@](C)(CO)[C@@H]4CC[C@@]3(C)[C@]1(C)CC2. The van der Waals surface area contributed by atoms with Crippen molar-refractivity contribution in [1.29, 1.82) is 0 Å². The van der Waals surface area contributed by atoms with Crippen molar-refractivity contribution in [2.45, 2.75) is 173 Å². The second-order valence-corrected chi connectivity index (χ2v) is 20.7. The second-order valence-electron chi connectivity index (χ2n) is 20.7. The molecule has 5 aliphatic carbocycles. The summed E-state index contributed by atoms with van der Waals surface area (Å²) < 4.78 is 29.3. The van der Waals surface area contributed by atoms with Crippen molar-refractivity contribution in [3.8, 4) is 0 Å². The first-order valence-corrected chi connectivity index (χ1v) is 21.4. The van der Waals surface area contributed by atoms with Crippen LogP contribution in [0.1, 0.15) is 106 Å². The van der Waals surface area contributed by atoms with Crippen molar-refractivity contribution in [2.24, 2.45) is 50.2 Å². The first-order chi connectivity index (χ1) is 26.7. The lowest BCUT2D eigenvalue weighted by molar-refractivity contribution is -0.369. The molecular formula is C43H70O14. The quantitative estimate of drug-likeness (QED) is 0.0998. The lowest BCUT2D eigenvalue weighted by Gasteiger charge is -2.71. The maximum atomic E-state index is 13.6. The summed E-state index contributed by atoms with van der Waals surface area (Å²) in [4.78, 5) is 13.6. The summed E-state index contributed by atoms with van der Waals surface area (Å²) >= 11 is 0. The highest BCUT2D eigenvalue weighted by Gasteiger charge is 2.70. The molecule has 6 fully saturated rings. The van der Waals surface area contributed by atoms with Crippen molar-refractivity contribution in [1.82, 2.24) is 0 Å². The Balaban J connectivity index is 1.11. The summed E-state index contributed by atoms with van der Waals surface area (Å²) in [5.74, 6) is 0.444. The zero-order chi connectivity index (χ0) is 41.7. The van der Waals surface area contributed by atoms with E-state index in [9.17, 15) is 45.6 Å². The summed E-state index contributed by atoms with van der Waals surface area (Å²) in [6.07, 6.45) is -4.90. The van der Waals surface area contributed by atoms with Gasteiger partial charge in [-0.25, -0.2) is 0 Å². The molecule has 19 atom stereocenters. The molecule has 0 aromatic carbocycles. The van der Waals surface area contributed by atoms with Gasteiger partial charge in [0, 0.05) is 5.41 Å². The topological polar surface area (TPSA) is 225 Å². The molecule has 7 aliphatic rings. The Kier molecular flexibility index (Phi) is 11.7. The van der Waals surface area contributed by atoms with Crippen LogP contribution in [0.4, 0.5) is 0 Å². The Morgan fingerprint density at radius 3 is 2.02 bits per heavy atom. The molecule has 2 saturated heterocycles. The summed E-state index contributed by atoms with van der Waals surface area (Å²) in [5, 5.41) is 84.9. The van der Waals surface area contributed by atoms with E-state index in [0.29, 0.717) is 12.3 Å². The minimum absolute atomic E-state index is 0.0483. The first kappa shape index (κ1) is 43.8. The van der Waals surface area contributed by atoms with E-state index in [2.05, 4.69) is 40.7 Å². The number of methoxy groups -OCH3 is 1. The van der Waals surface area contributed by atoms with Crippen LogP contribution >= 0.6 is 0 Å². The van der Waals surface area contributed by atoms with Crippen molar-refractivity contribution in [3.05, 3.63) is 11.6 Å². The third kappa shape index (κ3) is 6.52. The lowest BCUT2D eigenvalue weighted by atomic mass is 9.33. The molecule has 0 unspecified atom stereocenters. The van der Waals surface area contributed by atoms with Crippen molar-refractivity contribution < 1.29 is 69.3 Å². The normalized spacial score (nSPS) is 53.4. The standard InChI is InChI=1S/C43H70O14/c1-38(2)14-16-43(37(52)53-7)17-15-41(5)22(23(43)18-38)8-9-27-39(3)12-11-28(40(4,21-46)26(39)10-13-42(27,41)6)56-35-33(51)31(49)34(25(20-45)55-35)57-36-32(50)30(48)29(47)24(19-44)54-36/h8,23-36,44-51H,9-21H2,1-7H3/t23-,24+,25+,26+,27+,28-,29-,30-,31+,32+,33+,34+,35-,36-,39-,40-,41+,42+,43-/m0/s1. The molecule has 0 aromatic heterocycles. The van der Waals surface area contributed by atoms with Gasteiger partial charge in [0.2, 0.25) is 0 Å². The average molecular weight is 811 g/mol. The zero-order valence-corrected chi connectivity index (χ0v) is 34.9. The second kappa shape index (κ2) is 15.3. The number of rotatable bonds is 8. The Morgan fingerprint density at radius 2 is 1.37 bits per heavy atom. The third-order valence-corrected chi connectivity index (χ3v) is 17.6. The molecule has 14 nitrogen and oxygen atoms in total. The molecule has 0 spiro atoms. The van der Waals surface area contributed by atoms with Crippen LogP contribution in [0, 0.1) is 50.2 Å². The van der Waals surface area contributed by atoms with Gasteiger partial charge >= 0.3 is 5.97 Å². The summed E-state index contributed by atoms with van der Waals surface area (Å²) in [6, 6.07) is 0. The van der Waals surface area contributed by atoms with Gasteiger partial charge < -0.3 is 64.5 Å². The Labute approximate surface area is 336 Å². The van der Waals surface area contributed by atoms with E-state index in [1.807, 2.05) is 6.92 Å². The van der Waals surface area contributed by atoms with Crippen LogP contribution in [0.3, 0.4) is 0 Å². The fourth-order valence-corrected chi connectivity index (χ4v) is 13.9. The first-order valence-electron chi connectivity index (χ1n) is 21.4. The van der Waals surface area contributed by atoms with Gasteiger partial charge in [0.05, 0.1) is 38.4 Å². The number of hydrogen-bond acceptors (Lipinski definition) is 14. The van der Waals surface area contributed by atoms with E-state index in [1.54, 1.807) is 0 Å². The van der Waals surface area contributed by atoms with E-state index >= 15 is 0 Å². The van der Waals surface area contributed by atoms with Gasteiger partial charge in [-0.2, -0.15) is 0 Å². The van der Waals surface area contributed by atoms with E-state index in [-0.39, 0.29) is 46.1 Å². The molecule has 57 heavy (non-hydrogen) atoms. The van der Waals surface area contributed by atoms with Crippen LogP contribution < -0.4 is 0 Å². The van der Waals surface area contributed by atoms with E-state index < -0.39 is 91.6 Å². The van der Waals surface area contributed by atoms with Crippen LogP contribution in [0.25, 0.3) is 0 Å². The Hall–Kier alpha value is -1.27. The number of carbonyl (C=O) groups excluding carboxylic acids is 1. The van der Waals surface area contributed by atoms with Crippen molar-refractivity contribution in [3.63, 3.8) is 0 Å². The lowest BCUT2D eigenvalue weighted by Crippen LogP contribution is -2.67. The molecular weight excluding hydrogens is 740 g/mol. The Morgan fingerprint density at radius 1 is 0.737 bits per heavy atom. The van der Waals surface area contributed by atoms with Crippen LogP contribution in [0.5, 0.6) is 0 Å². The number of hydrogen-bond donors (Lipinski definition) is 8. The average Bonchev–Trinajstić information content (AvgIpc) is 3.18. The van der Waals surface area contributed by atoms with Gasteiger partial charge in [-0.3, -0.25) is 4.79 Å². The van der Waals surface area contributed by atoms with Crippen LogP contribution in [-0.2, 0) is 28.5 Å². The molecule has 0 amide bonds. The highest BCUT2D eigenvalue weighted by Crippen LogP contribution is 2.76.